The lowest BCUT2D eigenvalue weighted by Crippen LogP contribution is -2.47. The van der Waals surface area contributed by atoms with E-state index in [4.69, 9.17) is 9.47 Å². The molecule has 2 saturated heterocycles. The van der Waals surface area contributed by atoms with Gasteiger partial charge < -0.3 is 14.8 Å². The number of ether oxygens (including phenoxy) is 2. The van der Waals surface area contributed by atoms with Crippen LogP contribution in [-0.2, 0) is 14.3 Å². The summed E-state index contributed by atoms with van der Waals surface area (Å²) < 4.78 is 11.4. The molecule has 2 aliphatic heterocycles. The van der Waals surface area contributed by atoms with Crippen LogP contribution in [0.25, 0.3) is 0 Å². The second-order valence-electron chi connectivity index (χ2n) is 6.52. The van der Waals surface area contributed by atoms with Crippen LogP contribution in [0.1, 0.15) is 52.4 Å². The number of nitrogens with one attached hydrogen (secondary N) is 1. The van der Waals surface area contributed by atoms with Crippen molar-refractivity contribution in [1.29, 1.82) is 0 Å². The maximum Gasteiger partial charge on any atom is 0.237 e. The van der Waals surface area contributed by atoms with E-state index in [-0.39, 0.29) is 18.1 Å². The van der Waals surface area contributed by atoms with Crippen molar-refractivity contribution in [2.75, 3.05) is 32.8 Å². The lowest BCUT2D eigenvalue weighted by Gasteiger charge is -2.27. The first-order chi connectivity index (χ1) is 10.7. The maximum absolute atomic E-state index is 12.3. The smallest absolute Gasteiger partial charge is 0.237 e. The normalized spacial score (nSPS) is 28.3. The van der Waals surface area contributed by atoms with E-state index < -0.39 is 0 Å². The molecular weight excluding hydrogens is 280 g/mol. The van der Waals surface area contributed by atoms with E-state index in [2.05, 4.69) is 17.1 Å². The minimum absolute atomic E-state index is 0.0636. The summed E-state index contributed by atoms with van der Waals surface area (Å²) in [4.78, 5) is 14.6. The van der Waals surface area contributed by atoms with Gasteiger partial charge in [-0.2, -0.15) is 0 Å². The third-order valence-corrected chi connectivity index (χ3v) is 4.72. The molecule has 5 heteroatoms. The van der Waals surface area contributed by atoms with Crippen molar-refractivity contribution in [3.8, 4) is 0 Å². The number of amides is 1. The monoisotopic (exact) mass is 312 g/mol. The molecule has 0 radical (unpaired) electrons. The van der Waals surface area contributed by atoms with Crippen LogP contribution in [0.5, 0.6) is 0 Å². The van der Waals surface area contributed by atoms with Crippen molar-refractivity contribution in [2.45, 2.75) is 70.6 Å². The van der Waals surface area contributed by atoms with Crippen LogP contribution >= 0.6 is 0 Å². The highest BCUT2D eigenvalue weighted by molar-refractivity contribution is 5.81. The Kier molecular flexibility index (Phi) is 7.63. The van der Waals surface area contributed by atoms with Gasteiger partial charge in [-0.1, -0.05) is 6.92 Å². The quantitative estimate of drug-likeness (QED) is 0.781. The second-order valence-corrected chi connectivity index (χ2v) is 6.52. The minimum atomic E-state index is -0.0636. The molecule has 0 aromatic heterocycles. The molecule has 1 N–H and O–H groups in total. The average Bonchev–Trinajstić information content (AvgIpc) is 2.94. The first-order valence-corrected chi connectivity index (χ1v) is 8.95. The number of hydrogen-bond donors (Lipinski definition) is 1. The van der Waals surface area contributed by atoms with E-state index in [0.717, 1.165) is 64.8 Å². The molecule has 3 atom stereocenters. The molecule has 0 bridgehead atoms. The Labute approximate surface area is 134 Å². The molecule has 128 valence electrons. The maximum atomic E-state index is 12.3. The Morgan fingerprint density at radius 1 is 1.32 bits per heavy atom. The molecule has 0 unspecified atom stereocenters. The lowest BCUT2D eigenvalue weighted by atomic mass is 10.1. The summed E-state index contributed by atoms with van der Waals surface area (Å²) in [5.74, 6) is 0.128. The van der Waals surface area contributed by atoms with Crippen LogP contribution in [-0.4, -0.2) is 61.9 Å². The summed E-state index contributed by atoms with van der Waals surface area (Å²) in [5, 5.41) is 3.05. The third-order valence-electron chi connectivity index (χ3n) is 4.72. The highest BCUT2D eigenvalue weighted by atomic mass is 16.5. The molecule has 2 fully saturated rings. The summed E-state index contributed by atoms with van der Waals surface area (Å²) in [7, 11) is 0. The number of likely N-dealkylation sites (tertiary alicyclic amines) is 1. The van der Waals surface area contributed by atoms with Gasteiger partial charge in [0.1, 0.15) is 0 Å². The van der Waals surface area contributed by atoms with E-state index >= 15 is 0 Å². The lowest BCUT2D eigenvalue weighted by molar-refractivity contribution is -0.126. The molecule has 1 amide bonds. The van der Waals surface area contributed by atoms with Crippen LogP contribution in [0.3, 0.4) is 0 Å². The van der Waals surface area contributed by atoms with E-state index in [0.29, 0.717) is 12.6 Å². The van der Waals surface area contributed by atoms with Crippen molar-refractivity contribution in [2.24, 2.45) is 0 Å². The predicted octanol–water partition coefficient (Wildman–Crippen LogP) is 1.95. The standard InChI is InChI=1S/C17H32N2O3/c1-3-11-21-15-6-4-9-19(10-8-15)14(2)17(20)18-13-16-7-5-12-22-16/h14-16H,3-13H2,1-2H3,(H,18,20)/t14-,15-,16-/m1/s1. The zero-order valence-electron chi connectivity index (χ0n) is 14.2. The molecule has 0 aromatic rings. The van der Waals surface area contributed by atoms with Gasteiger partial charge in [0.2, 0.25) is 5.91 Å². The molecule has 0 saturated carbocycles. The van der Waals surface area contributed by atoms with Gasteiger partial charge in [0.15, 0.2) is 0 Å². The topological polar surface area (TPSA) is 50.8 Å². The molecule has 2 aliphatic rings. The van der Waals surface area contributed by atoms with Crippen molar-refractivity contribution in [3.63, 3.8) is 0 Å². The van der Waals surface area contributed by atoms with Crippen molar-refractivity contribution < 1.29 is 14.3 Å². The molecule has 0 aliphatic carbocycles. The number of rotatable bonds is 7. The van der Waals surface area contributed by atoms with Crippen LogP contribution in [0.4, 0.5) is 0 Å². The SMILES string of the molecule is CCCO[C@@H]1CCCN([C@H](C)C(=O)NC[C@H]2CCCO2)CC1. The van der Waals surface area contributed by atoms with Crippen molar-refractivity contribution >= 4 is 5.91 Å². The van der Waals surface area contributed by atoms with E-state index in [9.17, 15) is 4.79 Å². The third kappa shape index (κ3) is 5.52. The molecule has 0 aromatic carbocycles. The second kappa shape index (κ2) is 9.48. The molecular formula is C17H32N2O3. The fourth-order valence-electron chi connectivity index (χ4n) is 3.26. The zero-order valence-corrected chi connectivity index (χ0v) is 14.2. The minimum Gasteiger partial charge on any atom is -0.378 e. The fourth-order valence-corrected chi connectivity index (χ4v) is 3.26. The van der Waals surface area contributed by atoms with E-state index in [1.165, 1.54) is 0 Å². The van der Waals surface area contributed by atoms with E-state index in [1.54, 1.807) is 0 Å². The Hall–Kier alpha value is -0.650. The number of carbonyl (C=O) groups excluding carboxylic acids is 1. The summed E-state index contributed by atoms with van der Waals surface area (Å²) >= 11 is 0. The highest BCUT2D eigenvalue weighted by Crippen LogP contribution is 2.17. The Bertz CT molecular complexity index is 332. The zero-order chi connectivity index (χ0) is 15.8. The van der Waals surface area contributed by atoms with Gasteiger partial charge in [-0.05, 0) is 52.0 Å². The van der Waals surface area contributed by atoms with Gasteiger partial charge in [-0.25, -0.2) is 0 Å². The van der Waals surface area contributed by atoms with Crippen molar-refractivity contribution in [3.05, 3.63) is 0 Å². The van der Waals surface area contributed by atoms with Crippen LogP contribution in [0, 0.1) is 0 Å². The molecule has 2 heterocycles. The number of carbonyl (C=O) groups is 1. The Morgan fingerprint density at radius 3 is 2.91 bits per heavy atom. The average molecular weight is 312 g/mol. The van der Waals surface area contributed by atoms with Gasteiger partial charge in [0.25, 0.3) is 0 Å². The Balaban J connectivity index is 1.71. The van der Waals surface area contributed by atoms with Crippen molar-refractivity contribution in [1.82, 2.24) is 10.2 Å². The molecule has 0 spiro atoms. The summed E-state index contributed by atoms with van der Waals surface area (Å²) in [5.41, 5.74) is 0. The molecule has 2 rings (SSSR count). The molecule has 5 nitrogen and oxygen atoms in total. The fraction of sp³-hybridized carbons (Fsp3) is 0.941. The largest absolute Gasteiger partial charge is 0.378 e. The Morgan fingerprint density at radius 2 is 2.18 bits per heavy atom. The predicted molar refractivity (Wildman–Crippen MR) is 86.9 cm³/mol. The highest BCUT2D eigenvalue weighted by Gasteiger charge is 2.26. The number of hydrogen-bond acceptors (Lipinski definition) is 4. The summed E-state index contributed by atoms with van der Waals surface area (Å²) in [6.07, 6.45) is 7.08. The van der Waals surface area contributed by atoms with Gasteiger partial charge in [0.05, 0.1) is 18.2 Å². The van der Waals surface area contributed by atoms with Crippen LogP contribution in [0.15, 0.2) is 0 Å². The summed E-state index contributed by atoms with van der Waals surface area (Å²) in [6.45, 7) is 8.42. The van der Waals surface area contributed by atoms with E-state index in [1.807, 2.05) is 6.92 Å². The van der Waals surface area contributed by atoms with Crippen LogP contribution in [0.2, 0.25) is 0 Å². The first kappa shape index (κ1) is 17.7. The first-order valence-electron chi connectivity index (χ1n) is 8.95. The van der Waals surface area contributed by atoms with Gasteiger partial charge in [0, 0.05) is 26.3 Å². The van der Waals surface area contributed by atoms with Gasteiger partial charge >= 0.3 is 0 Å². The van der Waals surface area contributed by atoms with Crippen LogP contribution < -0.4 is 5.32 Å². The van der Waals surface area contributed by atoms with Gasteiger partial charge in [-0.15, -0.1) is 0 Å². The number of nitrogens with zero attached hydrogens (tertiary/aromatic N) is 1. The van der Waals surface area contributed by atoms with Gasteiger partial charge in [-0.3, -0.25) is 9.69 Å². The summed E-state index contributed by atoms with van der Waals surface area (Å²) in [6, 6.07) is -0.0636. The molecule has 22 heavy (non-hydrogen) atoms.